The molecule has 20 heavy (non-hydrogen) atoms. The van der Waals surface area contributed by atoms with Crippen molar-refractivity contribution in [1.29, 1.82) is 0 Å². The van der Waals surface area contributed by atoms with Gasteiger partial charge in [0.15, 0.2) is 0 Å². The van der Waals surface area contributed by atoms with Gasteiger partial charge in [-0.15, -0.1) is 11.3 Å². The third kappa shape index (κ3) is 3.60. The first-order valence-corrected chi connectivity index (χ1v) is 7.85. The highest BCUT2D eigenvalue weighted by Gasteiger charge is 2.28. The number of likely N-dealkylation sites (tertiary alicyclic amines) is 1. The van der Waals surface area contributed by atoms with Gasteiger partial charge in [0.25, 0.3) is 0 Å². The highest BCUT2D eigenvalue weighted by atomic mass is 32.1. The number of piperidine rings is 1. The Kier molecular flexibility index (Phi) is 5.60. The summed E-state index contributed by atoms with van der Waals surface area (Å²) in [4.78, 5) is 15.5. The van der Waals surface area contributed by atoms with Crippen molar-refractivity contribution in [2.75, 3.05) is 20.1 Å². The molecule has 2 rings (SSSR count). The van der Waals surface area contributed by atoms with Gasteiger partial charge in [0, 0.05) is 24.0 Å². The molecular formula is C15H21N3OS. The highest BCUT2D eigenvalue weighted by molar-refractivity contribution is 7.10. The summed E-state index contributed by atoms with van der Waals surface area (Å²) in [5.74, 6) is 6.13. The highest BCUT2D eigenvalue weighted by Crippen LogP contribution is 2.24. The van der Waals surface area contributed by atoms with Crippen molar-refractivity contribution in [1.82, 2.24) is 10.2 Å². The zero-order valence-electron chi connectivity index (χ0n) is 11.8. The first kappa shape index (κ1) is 15.0. The normalized spacial score (nSPS) is 19.2. The average molecular weight is 291 g/mol. The topological polar surface area (TPSA) is 58.4 Å². The molecule has 3 N–H and O–H groups in total. The lowest BCUT2D eigenvalue weighted by Gasteiger charge is -2.34. The van der Waals surface area contributed by atoms with Crippen LogP contribution in [0, 0.1) is 11.8 Å². The lowest BCUT2D eigenvalue weighted by Crippen LogP contribution is -2.48. The largest absolute Gasteiger partial charge is 0.358 e. The van der Waals surface area contributed by atoms with Gasteiger partial charge < -0.3 is 11.1 Å². The van der Waals surface area contributed by atoms with Crippen molar-refractivity contribution < 1.29 is 4.79 Å². The van der Waals surface area contributed by atoms with E-state index >= 15 is 0 Å². The molecule has 0 bridgehead atoms. The summed E-state index contributed by atoms with van der Waals surface area (Å²) in [5, 5.41) is 4.82. The van der Waals surface area contributed by atoms with E-state index in [2.05, 4.69) is 27.4 Å². The summed E-state index contributed by atoms with van der Waals surface area (Å²) in [6.07, 6.45) is 3.22. The number of amides is 1. The maximum Gasteiger partial charge on any atom is 0.237 e. The fourth-order valence-electron chi connectivity index (χ4n) is 2.55. The van der Waals surface area contributed by atoms with Crippen molar-refractivity contribution in [3.8, 4) is 11.8 Å². The van der Waals surface area contributed by atoms with E-state index in [0.717, 1.165) is 37.9 Å². The monoisotopic (exact) mass is 291 g/mol. The number of nitrogens with one attached hydrogen (secondary N) is 1. The molecule has 1 atom stereocenters. The van der Waals surface area contributed by atoms with Gasteiger partial charge in [0.05, 0.1) is 12.6 Å². The molecule has 1 saturated heterocycles. The van der Waals surface area contributed by atoms with Crippen LogP contribution in [0.25, 0.3) is 0 Å². The molecule has 5 heteroatoms. The third-order valence-corrected chi connectivity index (χ3v) is 4.49. The summed E-state index contributed by atoms with van der Waals surface area (Å²) >= 11 is 1.70. The van der Waals surface area contributed by atoms with Crippen LogP contribution in [0.4, 0.5) is 0 Å². The number of likely N-dealkylation sites (N-methyl/N-ethyl adjacent to an activating group) is 1. The van der Waals surface area contributed by atoms with Crippen LogP contribution in [0.15, 0.2) is 11.4 Å². The van der Waals surface area contributed by atoms with Gasteiger partial charge in [0.1, 0.15) is 0 Å². The first-order valence-electron chi connectivity index (χ1n) is 6.97. The second kappa shape index (κ2) is 7.44. The number of carbonyl (C=O) groups excluding carboxylic acids is 1. The minimum absolute atomic E-state index is 0.00818. The van der Waals surface area contributed by atoms with E-state index in [1.54, 1.807) is 18.4 Å². The first-order chi connectivity index (χ1) is 9.76. The number of rotatable bonds is 3. The van der Waals surface area contributed by atoms with E-state index < -0.39 is 0 Å². The van der Waals surface area contributed by atoms with Crippen LogP contribution >= 0.6 is 11.3 Å². The number of carbonyl (C=O) groups is 1. The van der Waals surface area contributed by atoms with Crippen molar-refractivity contribution in [2.24, 2.45) is 5.73 Å². The lowest BCUT2D eigenvalue weighted by atomic mass is 10.0. The maximum atomic E-state index is 12.0. The lowest BCUT2D eigenvalue weighted by molar-refractivity contribution is -0.127. The van der Waals surface area contributed by atoms with Gasteiger partial charge in [-0.05, 0) is 30.8 Å². The smallest absolute Gasteiger partial charge is 0.237 e. The van der Waals surface area contributed by atoms with Crippen LogP contribution < -0.4 is 11.1 Å². The molecule has 1 aliphatic rings. The molecule has 0 spiro atoms. The summed E-state index contributed by atoms with van der Waals surface area (Å²) in [6, 6.07) is 2.02. The van der Waals surface area contributed by atoms with Crippen LogP contribution in [0.1, 0.15) is 29.7 Å². The maximum absolute atomic E-state index is 12.0. The molecule has 0 aliphatic carbocycles. The van der Waals surface area contributed by atoms with Gasteiger partial charge >= 0.3 is 0 Å². The Bertz CT molecular complexity index is 515. The van der Waals surface area contributed by atoms with Crippen LogP contribution in [-0.2, 0) is 11.3 Å². The van der Waals surface area contributed by atoms with Crippen molar-refractivity contribution >= 4 is 17.2 Å². The van der Waals surface area contributed by atoms with Crippen molar-refractivity contribution in [2.45, 2.75) is 31.8 Å². The molecule has 1 aliphatic heterocycles. The molecule has 108 valence electrons. The zero-order chi connectivity index (χ0) is 14.4. The molecule has 1 aromatic rings. The van der Waals surface area contributed by atoms with Crippen LogP contribution in [-0.4, -0.2) is 37.0 Å². The van der Waals surface area contributed by atoms with E-state index in [1.807, 2.05) is 6.07 Å². The standard InChI is InChI=1S/C15H21N3OS/c1-17-15(19)13-6-2-3-9-18(13)11-14-12(5-4-8-16)7-10-20-14/h7,10,13H,2-3,6,8-9,11,16H2,1H3,(H,17,19). The number of nitrogens with two attached hydrogens (primary N) is 1. The second-order valence-corrected chi connectivity index (χ2v) is 5.86. The summed E-state index contributed by atoms with van der Waals surface area (Å²) in [6.45, 7) is 2.14. The van der Waals surface area contributed by atoms with E-state index in [-0.39, 0.29) is 11.9 Å². The third-order valence-electron chi connectivity index (χ3n) is 3.58. The van der Waals surface area contributed by atoms with Gasteiger partial charge in [-0.25, -0.2) is 0 Å². The van der Waals surface area contributed by atoms with Crippen molar-refractivity contribution in [3.63, 3.8) is 0 Å². The molecule has 0 saturated carbocycles. The van der Waals surface area contributed by atoms with E-state index in [4.69, 9.17) is 5.73 Å². The molecule has 1 aromatic heterocycles. The minimum Gasteiger partial charge on any atom is -0.358 e. The molecule has 1 amide bonds. The van der Waals surface area contributed by atoms with Gasteiger partial charge in [-0.2, -0.15) is 0 Å². The van der Waals surface area contributed by atoms with E-state index in [1.165, 1.54) is 4.88 Å². The molecule has 1 unspecified atom stereocenters. The molecule has 0 aromatic carbocycles. The van der Waals surface area contributed by atoms with Gasteiger partial charge in [0.2, 0.25) is 5.91 Å². The Morgan fingerprint density at radius 3 is 3.20 bits per heavy atom. The van der Waals surface area contributed by atoms with Crippen molar-refractivity contribution in [3.05, 3.63) is 21.9 Å². The second-order valence-electron chi connectivity index (χ2n) is 4.86. The Balaban J connectivity index is 2.11. The molecular weight excluding hydrogens is 270 g/mol. The zero-order valence-corrected chi connectivity index (χ0v) is 12.6. The quantitative estimate of drug-likeness (QED) is 0.822. The molecule has 1 fully saturated rings. The number of hydrogen-bond donors (Lipinski definition) is 2. The number of thiophene rings is 1. The average Bonchev–Trinajstić information content (AvgIpc) is 2.92. The van der Waals surface area contributed by atoms with Crippen LogP contribution in [0.3, 0.4) is 0 Å². The predicted octanol–water partition coefficient (Wildman–Crippen LogP) is 1.16. The summed E-state index contributed by atoms with van der Waals surface area (Å²) in [5.41, 5.74) is 6.47. The number of hydrogen-bond acceptors (Lipinski definition) is 4. The van der Waals surface area contributed by atoms with Crippen LogP contribution in [0.5, 0.6) is 0 Å². The Hall–Kier alpha value is -1.35. The predicted molar refractivity (Wildman–Crippen MR) is 82.4 cm³/mol. The minimum atomic E-state index is -0.00818. The van der Waals surface area contributed by atoms with Crippen LogP contribution in [0.2, 0.25) is 0 Å². The summed E-state index contributed by atoms with van der Waals surface area (Å²) < 4.78 is 0. The Morgan fingerprint density at radius 2 is 2.45 bits per heavy atom. The molecule has 4 nitrogen and oxygen atoms in total. The van der Waals surface area contributed by atoms with E-state index in [9.17, 15) is 4.79 Å². The Morgan fingerprint density at radius 1 is 1.60 bits per heavy atom. The SMILES string of the molecule is CNC(=O)C1CCCCN1Cc1sccc1C#CCN. The molecule has 0 radical (unpaired) electrons. The number of nitrogens with zero attached hydrogens (tertiary/aromatic N) is 1. The molecule has 2 heterocycles. The van der Waals surface area contributed by atoms with Gasteiger partial charge in [-0.1, -0.05) is 18.3 Å². The van der Waals surface area contributed by atoms with E-state index in [0.29, 0.717) is 6.54 Å². The Labute approximate surface area is 124 Å². The summed E-state index contributed by atoms with van der Waals surface area (Å²) in [7, 11) is 1.71. The van der Waals surface area contributed by atoms with Gasteiger partial charge in [-0.3, -0.25) is 9.69 Å². The fourth-order valence-corrected chi connectivity index (χ4v) is 3.40. The fraction of sp³-hybridized carbons (Fsp3) is 0.533.